The van der Waals surface area contributed by atoms with Crippen LogP contribution in [-0.4, -0.2) is 12.8 Å². The average molecular weight is 318 g/mol. The lowest BCUT2D eigenvalue weighted by molar-refractivity contribution is -0.383. The van der Waals surface area contributed by atoms with E-state index in [9.17, 15) is 14.5 Å². The summed E-state index contributed by atoms with van der Waals surface area (Å²) in [6.45, 7) is 0. The molecule has 3 aromatic rings. The summed E-state index contributed by atoms with van der Waals surface area (Å²) in [7, 11) is 5.67. The lowest BCUT2D eigenvalue weighted by Crippen LogP contribution is -2.14. The molecule has 0 aliphatic rings. The molecule has 3 aromatic carbocycles. The summed E-state index contributed by atoms with van der Waals surface area (Å²) in [5.74, 6) is -0.390. The molecule has 0 heterocycles. The first kappa shape index (κ1) is 15.7. The molecule has 0 aliphatic heterocycles. The van der Waals surface area contributed by atoms with Gasteiger partial charge in [0.15, 0.2) is 0 Å². The fraction of sp³-hybridized carbons (Fsp3) is 0. The first-order valence-electron chi connectivity index (χ1n) is 7.21. The molecule has 0 amide bonds. The topological polar surface area (TPSA) is 46.4 Å². The van der Waals surface area contributed by atoms with E-state index >= 15 is 0 Å². The highest BCUT2D eigenvalue weighted by Gasteiger charge is 2.17. The predicted octanol–water partition coefficient (Wildman–Crippen LogP) is 4.00. The third-order valence-electron chi connectivity index (χ3n) is 3.55. The van der Waals surface area contributed by atoms with Crippen LogP contribution in [0, 0.1) is 15.9 Å². The third kappa shape index (κ3) is 3.13. The smallest absolute Gasteiger partial charge is 0.264 e. The quantitative estimate of drug-likeness (QED) is 0.415. The van der Waals surface area contributed by atoms with Gasteiger partial charge in [0.05, 0.1) is 10.6 Å². The number of benzene rings is 3. The average Bonchev–Trinajstić information content (AvgIpc) is 2.57. The number of halogens is 1. The van der Waals surface area contributed by atoms with Gasteiger partial charge in [-0.05, 0) is 41.9 Å². The van der Waals surface area contributed by atoms with E-state index in [1.165, 1.54) is 24.3 Å². The van der Waals surface area contributed by atoms with Crippen molar-refractivity contribution in [3.05, 3.63) is 88.7 Å². The Morgan fingerprint density at radius 2 is 1.54 bits per heavy atom. The molecule has 0 fully saturated rings. The van der Waals surface area contributed by atoms with Crippen molar-refractivity contribution in [1.82, 2.24) is 0 Å². The van der Waals surface area contributed by atoms with Gasteiger partial charge in [-0.3, -0.25) is 10.1 Å². The largest absolute Gasteiger partial charge is 0.310 e. The van der Waals surface area contributed by atoms with Gasteiger partial charge in [0.25, 0.3) is 5.69 Å². The summed E-state index contributed by atoms with van der Waals surface area (Å²) >= 11 is 0. The minimum absolute atomic E-state index is 0.0796. The highest BCUT2D eigenvalue weighted by molar-refractivity contribution is 6.35. The maximum Gasteiger partial charge on any atom is 0.264 e. The van der Waals surface area contributed by atoms with Crippen molar-refractivity contribution in [2.45, 2.75) is 0 Å². The Morgan fingerprint density at radius 3 is 2.21 bits per heavy atom. The van der Waals surface area contributed by atoms with E-state index in [0.29, 0.717) is 11.4 Å². The van der Waals surface area contributed by atoms with Gasteiger partial charge in [0.2, 0.25) is 0 Å². The number of nitro groups is 1. The summed E-state index contributed by atoms with van der Waals surface area (Å²) in [5, 5.41) is 11.2. The van der Waals surface area contributed by atoms with Crippen LogP contribution in [0.5, 0.6) is 0 Å². The molecular weight excluding hydrogens is 306 g/mol. The molecule has 116 valence electrons. The van der Waals surface area contributed by atoms with Gasteiger partial charge in [-0.25, -0.2) is 4.39 Å². The normalized spacial score (nSPS) is 10.4. The molecule has 0 atom stereocenters. The van der Waals surface area contributed by atoms with Crippen LogP contribution in [-0.2, 0) is 0 Å². The van der Waals surface area contributed by atoms with Crippen molar-refractivity contribution < 1.29 is 9.31 Å². The molecule has 0 aromatic heterocycles. The van der Waals surface area contributed by atoms with Gasteiger partial charge in [0, 0.05) is 17.4 Å². The van der Waals surface area contributed by atoms with Crippen LogP contribution in [0.25, 0.3) is 0 Å². The molecule has 3 rings (SSSR count). The molecule has 0 aliphatic carbocycles. The summed E-state index contributed by atoms with van der Waals surface area (Å²) in [5.41, 5.74) is 1.72. The second kappa shape index (κ2) is 6.54. The Balaban J connectivity index is 2.19. The molecule has 0 bridgehead atoms. The standard InChI is InChI=1S/C18H12BFN2O2/c19-17-10-9-16(12-18(17)22(23)24)21(14-6-2-1-3-7-14)15-8-4-5-13(20)11-15/h1-12H. The van der Waals surface area contributed by atoms with Crippen molar-refractivity contribution >= 4 is 36.1 Å². The molecular formula is C18H12BFN2O2. The highest BCUT2D eigenvalue weighted by atomic mass is 19.1. The van der Waals surface area contributed by atoms with E-state index in [4.69, 9.17) is 7.85 Å². The summed E-state index contributed by atoms with van der Waals surface area (Å²) in [4.78, 5) is 12.4. The first-order chi connectivity index (χ1) is 11.6. The SMILES string of the molecule is [B]c1ccc(N(c2ccccc2)c2cccc(F)c2)cc1[N+](=O)[O-]. The number of hydrogen-bond acceptors (Lipinski definition) is 3. The monoisotopic (exact) mass is 318 g/mol. The molecule has 24 heavy (non-hydrogen) atoms. The third-order valence-corrected chi connectivity index (χ3v) is 3.55. The minimum atomic E-state index is -0.534. The number of para-hydroxylation sites is 1. The van der Waals surface area contributed by atoms with Crippen molar-refractivity contribution in [1.29, 1.82) is 0 Å². The fourth-order valence-corrected chi connectivity index (χ4v) is 2.47. The van der Waals surface area contributed by atoms with E-state index < -0.39 is 10.7 Å². The molecule has 2 radical (unpaired) electrons. The van der Waals surface area contributed by atoms with Crippen LogP contribution in [0.3, 0.4) is 0 Å². The maximum absolute atomic E-state index is 13.7. The van der Waals surface area contributed by atoms with Crippen LogP contribution in [0.2, 0.25) is 0 Å². The van der Waals surface area contributed by atoms with Gasteiger partial charge >= 0.3 is 0 Å². The summed E-state index contributed by atoms with van der Waals surface area (Å²) in [6, 6.07) is 19.8. The van der Waals surface area contributed by atoms with Gasteiger partial charge in [-0.15, -0.1) is 0 Å². The zero-order valence-corrected chi connectivity index (χ0v) is 12.6. The maximum atomic E-state index is 13.7. The second-order valence-corrected chi connectivity index (χ2v) is 5.15. The van der Waals surface area contributed by atoms with E-state index in [2.05, 4.69) is 0 Å². The van der Waals surface area contributed by atoms with Crippen molar-refractivity contribution in [2.75, 3.05) is 4.90 Å². The zero-order chi connectivity index (χ0) is 17.1. The number of nitro benzene ring substituents is 1. The first-order valence-corrected chi connectivity index (χ1v) is 7.21. The van der Waals surface area contributed by atoms with Crippen LogP contribution < -0.4 is 10.4 Å². The Hall–Kier alpha value is -3.15. The van der Waals surface area contributed by atoms with E-state index in [-0.39, 0.29) is 11.2 Å². The van der Waals surface area contributed by atoms with Crippen molar-refractivity contribution in [2.24, 2.45) is 0 Å². The Bertz CT molecular complexity index is 887. The summed E-state index contributed by atoms with van der Waals surface area (Å²) in [6.07, 6.45) is 0. The minimum Gasteiger partial charge on any atom is -0.310 e. The van der Waals surface area contributed by atoms with Gasteiger partial charge < -0.3 is 4.90 Å². The Morgan fingerprint density at radius 1 is 0.875 bits per heavy atom. The second-order valence-electron chi connectivity index (χ2n) is 5.15. The lowest BCUT2D eigenvalue weighted by Gasteiger charge is -2.25. The number of rotatable bonds is 4. The lowest BCUT2D eigenvalue weighted by atomic mass is 9.93. The van der Waals surface area contributed by atoms with Gasteiger partial charge in [-0.2, -0.15) is 0 Å². The summed E-state index contributed by atoms with van der Waals surface area (Å²) < 4.78 is 13.7. The van der Waals surface area contributed by atoms with Crippen molar-refractivity contribution in [3.8, 4) is 0 Å². The Kier molecular flexibility index (Phi) is 4.29. The van der Waals surface area contributed by atoms with Crippen molar-refractivity contribution in [3.63, 3.8) is 0 Å². The molecule has 6 heteroatoms. The molecule has 4 nitrogen and oxygen atoms in total. The molecule has 0 spiro atoms. The van der Waals surface area contributed by atoms with Crippen LogP contribution in [0.15, 0.2) is 72.8 Å². The molecule has 0 saturated heterocycles. The van der Waals surface area contributed by atoms with E-state index in [1.807, 2.05) is 30.3 Å². The molecule has 0 unspecified atom stereocenters. The Labute approximate surface area is 139 Å². The fourth-order valence-electron chi connectivity index (χ4n) is 2.47. The molecule has 0 N–H and O–H groups in total. The van der Waals surface area contributed by atoms with Gasteiger partial charge in [0.1, 0.15) is 13.7 Å². The number of nitrogens with zero attached hydrogens (tertiary/aromatic N) is 2. The van der Waals surface area contributed by atoms with Crippen LogP contribution >= 0.6 is 0 Å². The van der Waals surface area contributed by atoms with E-state index in [0.717, 1.165) is 5.69 Å². The van der Waals surface area contributed by atoms with Gasteiger partial charge in [-0.1, -0.05) is 30.3 Å². The highest BCUT2D eigenvalue weighted by Crippen LogP contribution is 2.35. The van der Waals surface area contributed by atoms with E-state index in [1.54, 1.807) is 23.1 Å². The predicted molar refractivity (Wildman–Crippen MR) is 93.1 cm³/mol. The van der Waals surface area contributed by atoms with Crippen LogP contribution in [0.4, 0.5) is 27.1 Å². The molecule has 0 saturated carbocycles. The number of anilines is 3. The zero-order valence-electron chi connectivity index (χ0n) is 12.6. The number of hydrogen-bond donors (Lipinski definition) is 0. The van der Waals surface area contributed by atoms with Crippen LogP contribution in [0.1, 0.15) is 0 Å².